The Morgan fingerprint density at radius 1 is 1.11 bits per heavy atom. The number of hydrogen-bond acceptors (Lipinski definition) is 6. The summed E-state index contributed by atoms with van der Waals surface area (Å²) in [5.74, 6) is -2.30. The number of carbonyl (C=O) groups is 2. The van der Waals surface area contributed by atoms with E-state index in [2.05, 4.69) is 4.98 Å². The molecule has 1 aliphatic heterocycles. The Morgan fingerprint density at radius 2 is 1.81 bits per heavy atom. The van der Waals surface area contributed by atoms with Crippen molar-refractivity contribution in [3.05, 3.63) is 111 Å². The molecule has 9 heteroatoms. The van der Waals surface area contributed by atoms with Gasteiger partial charge in [-0.25, -0.2) is 9.37 Å². The minimum atomic E-state index is -1.06. The summed E-state index contributed by atoms with van der Waals surface area (Å²) < 4.78 is 19.5. The molecular weight excluding hydrogens is 515 g/mol. The third-order valence-corrected chi connectivity index (χ3v) is 7.59. The van der Waals surface area contributed by atoms with Crippen LogP contribution in [0.3, 0.4) is 0 Å². The van der Waals surface area contributed by atoms with Gasteiger partial charge in [-0.1, -0.05) is 60.1 Å². The predicted molar refractivity (Wildman–Crippen MR) is 141 cm³/mol. The van der Waals surface area contributed by atoms with Crippen LogP contribution < -0.4 is 9.64 Å². The molecule has 2 heterocycles. The lowest BCUT2D eigenvalue weighted by atomic mass is 9.94. The van der Waals surface area contributed by atoms with Crippen LogP contribution in [-0.4, -0.2) is 28.9 Å². The molecule has 186 valence electrons. The summed E-state index contributed by atoms with van der Waals surface area (Å²) in [6, 6.07) is 19.0. The van der Waals surface area contributed by atoms with Crippen molar-refractivity contribution in [1.82, 2.24) is 4.98 Å². The lowest BCUT2D eigenvalue weighted by Crippen LogP contribution is -2.31. The second-order valence-electron chi connectivity index (χ2n) is 8.31. The van der Waals surface area contributed by atoms with Crippen LogP contribution in [0.25, 0.3) is 10.6 Å². The molecule has 1 unspecified atom stereocenters. The number of halogens is 2. The smallest absolute Gasteiger partial charge is 0.294 e. The topological polar surface area (TPSA) is 79.7 Å². The number of aliphatic hydroxyl groups excluding tert-OH is 1. The highest BCUT2D eigenvalue weighted by molar-refractivity contribution is 7.17. The maximum absolute atomic E-state index is 14.0. The molecule has 1 atom stereocenters. The highest BCUT2D eigenvalue weighted by Crippen LogP contribution is 2.46. The first-order chi connectivity index (χ1) is 17.8. The largest absolute Gasteiger partial charge is 0.503 e. The number of aryl methyl sites for hydroxylation is 1. The maximum Gasteiger partial charge on any atom is 0.294 e. The molecule has 3 aromatic carbocycles. The number of aliphatic hydroxyl groups is 1. The van der Waals surface area contributed by atoms with E-state index in [1.165, 1.54) is 35.5 Å². The normalized spacial score (nSPS) is 15.4. The van der Waals surface area contributed by atoms with Crippen LogP contribution in [0.4, 0.5) is 10.1 Å². The average molecular weight is 535 g/mol. The number of ether oxygens (including phenoxy) is 1. The molecule has 0 saturated heterocycles. The van der Waals surface area contributed by atoms with Crippen molar-refractivity contribution < 1.29 is 23.8 Å². The first-order valence-electron chi connectivity index (χ1n) is 11.2. The number of thiazole rings is 1. The number of benzene rings is 3. The minimum Gasteiger partial charge on any atom is -0.503 e. The zero-order chi connectivity index (χ0) is 26.3. The van der Waals surface area contributed by atoms with Crippen LogP contribution >= 0.6 is 22.9 Å². The first-order valence-corrected chi connectivity index (χ1v) is 12.4. The summed E-state index contributed by atoms with van der Waals surface area (Å²) in [5, 5.41) is 11.5. The zero-order valence-electron chi connectivity index (χ0n) is 19.7. The SMILES string of the molecule is COc1ccccc1C1C(C(=O)c2sc(-c3ccccc3)nc2C)=C(O)C(=O)N1c1ccc(F)c(Cl)c1. The van der Waals surface area contributed by atoms with E-state index in [0.717, 1.165) is 11.6 Å². The van der Waals surface area contributed by atoms with E-state index in [4.69, 9.17) is 16.3 Å². The van der Waals surface area contributed by atoms with E-state index in [9.17, 15) is 19.1 Å². The number of anilines is 1. The van der Waals surface area contributed by atoms with Crippen molar-refractivity contribution in [1.29, 1.82) is 0 Å². The fraction of sp³-hybridized carbons (Fsp3) is 0.107. The molecule has 0 spiro atoms. The van der Waals surface area contributed by atoms with Crippen LogP contribution in [0.15, 0.2) is 84.1 Å². The number of methoxy groups -OCH3 is 1. The number of hydrogen-bond donors (Lipinski definition) is 1. The molecule has 1 N–H and O–H groups in total. The average Bonchev–Trinajstić information content (AvgIpc) is 3.43. The van der Waals surface area contributed by atoms with Crippen LogP contribution in [0.1, 0.15) is 27.0 Å². The van der Waals surface area contributed by atoms with E-state index in [1.807, 2.05) is 30.3 Å². The molecule has 0 saturated carbocycles. The van der Waals surface area contributed by atoms with Gasteiger partial charge in [-0.05, 0) is 31.2 Å². The van der Waals surface area contributed by atoms with Crippen molar-refractivity contribution in [3.8, 4) is 16.3 Å². The highest BCUT2D eigenvalue weighted by atomic mass is 35.5. The second kappa shape index (κ2) is 9.80. The van der Waals surface area contributed by atoms with Gasteiger partial charge in [0.2, 0.25) is 5.78 Å². The van der Waals surface area contributed by atoms with Gasteiger partial charge in [-0.3, -0.25) is 14.5 Å². The molecule has 0 fully saturated rings. The third-order valence-electron chi connectivity index (χ3n) is 6.09. The van der Waals surface area contributed by atoms with Gasteiger partial charge < -0.3 is 9.84 Å². The molecule has 0 aliphatic carbocycles. The van der Waals surface area contributed by atoms with Gasteiger partial charge >= 0.3 is 0 Å². The Kier molecular flexibility index (Phi) is 6.54. The van der Waals surface area contributed by atoms with Crippen molar-refractivity contribution >= 4 is 40.3 Å². The molecule has 1 aliphatic rings. The number of para-hydroxylation sites is 1. The minimum absolute atomic E-state index is 0.124. The van der Waals surface area contributed by atoms with Gasteiger partial charge in [0.1, 0.15) is 16.6 Å². The van der Waals surface area contributed by atoms with E-state index in [1.54, 1.807) is 31.2 Å². The number of amides is 1. The highest BCUT2D eigenvalue weighted by Gasteiger charge is 2.46. The van der Waals surface area contributed by atoms with E-state index < -0.39 is 29.3 Å². The lowest BCUT2D eigenvalue weighted by molar-refractivity contribution is -0.117. The Hall–Kier alpha value is -4.01. The van der Waals surface area contributed by atoms with Crippen molar-refractivity contribution in [2.45, 2.75) is 13.0 Å². The molecule has 5 rings (SSSR count). The van der Waals surface area contributed by atoms with Gasteiger partial charge in [-0.2, -0.15) is 0 Å². The number of carbonyl (C=O) groups excluding carboxylic acids is 2. The van der Waals surface area contributed by atoms with Gasteiger partial charge in [0.05, 0.1) is 34.3 Å². The first kappa shape index (κ1) is 24.7. The monoisotopic (exact) mass is 534 g/mol. The fourth-order valence-electron chi connectivity index (χ4n) is 4.36. The van der Waals surface area contributed by atoms with Gasteiger partial charge in [0, 0.05) is 16.8 Å². The van der Waals surface area contributed by atoms with Crippen LogP contribution in [-0.2, 0) is 4.79 Å². The Bertz CT molecular complexity index is 1570. The molecule has 37 heavy (non-hydrogen) atoms. The number of Topliss-reactive ketones (excluding diaryl/α,β-unsaturated/α-hetero) is 1. The Morgan fingerprint density at radius 3 is 2.51 bits per heavy atom. The summed E-state index contributed by atoms with van der Waals surface area (Å²) in [4.78, 5) is 33.5. The van der Waals surface area contributed by atoms with Crippen molar-refractivity contribution in [2.75, 3.05) is 12.0 Å². The molecule has 1 amide bonds. The molecular formula is C28H20ClFN2O4S. The van der Waals surface area contributed by atoms with Crippen molar-refractivity contribution in [3.63, 3.8) is 0 Å². The molecule has 0 bridgehead atoms. The Labute approximate surface area is 221 Å². The number of ketones is 1. The summed E-state index contributed by atoms with van der Waals surface area (Å²) in [6.45, 7) is 1.71. The van der Waals surface area contributed by atoms with E-state index in [-0.39, 0.29) is 16.3 Å². The van der Waals surface area contributed by atoms with Gasteiger partial charge in [0.25, 0.3) is 5.91 Å². The predicted octanol–water partition coefficient (Wildman–Crippen LogP) is 6.70. The molecule has 1 aromatic heterocycles. The van der Waals surface area contributed by atoms with E-state index in [0.29, 0.717) is 26.9 Å². The number of rotatable bonds is 6. The summed E-state index contributed by atoms with van der Waals surface area (Å²) in [6.07, 6.45) is 0. The third kappa shape index (κ3) is 4.28. The molecule has 4 aromatic rings. The number of nitrogens with zero attached hydrogens (tertiary/aromatic N) is 2. The summed E-state index contributed by atoms with van der Waals surface area (Å²) >= 11 is 7.20. The fourth-order valence-corrected chi connectivity index (χ4v) is 5.56. The molecule has 0 radical (unpaired) electrons. The van der Waals surface area contributed by atoms with Crippen LogP contribution in [0.5, 0.6) is 5.75 Å². The number of aromatic nitrogens is 1. The maximum atomic E-state index is 14.0. The van der Waals surface area contributed by atoms with Gasteiger partial charge in [-0.15, -0.1) is 11.3 Å². The van der Waals surface area contributed by atoms with Crippen LogP contribution in [0.2, 0.25) is 5.02 Å². The quantitative estimate of drug-likeness (QED) is 0.278. The zero-order valence-corrected chi connectivity index (χ0v) is 21.3. The van der Waals surface area contributed by atoms with Crippen molar-refractivity contribution in [2.24, 2.45) is 0 Å². The standard InChI is InChI=1S/C28H20ClFN2O4S/c1-15-26(37-27(31-15)16-8-4-3-5-9-16)24(33)22-23(18-10-6-7-11-21(18)36-2)32(28(35)25(22)34)17-12-13-20(30)19(29)14-17/h3-14,23,34H,1-2H3. The van der Waals surface area contributed by atoms with Gasteiger partial charge in [0.15, 0.2) is 5.76 Å². The summed E-state index contributed by atoms with van der Waals surface area (Å²) in [5.41, 5.74) is 1.88. The lowest BCUT2D eigenvalue weighted by Gasteiger charge is -2.28. The summed E-state index contributed by atoms with van der Waals surface area (Å²) in [7, 11) is 1.47. The van der Waals surface area contributed by atoms with E-state index >= 15 is 0 Å². The van der Waals surface area contributed by atoms with Crippen LogP contribution in [0, 0.1) is 12.7 Å². The second-order valence-corrected chi connectivity index (χ2v) is 9.72. The molecule has 6 nitrogen and oxygen atoms in total. The Balaban J connectivity index is 1.67.